The molecule has 1 fully saturated rings. The third-order valence-corrected chi connectivity index (χ3v) is 5.17. The SMILES string of the molecule is CC(C)Oc1cc2c(cc1OCC1COC1)CC(=O)N[C@H]2c1ccc(Cl)cc1. The quantitative estimate of drug-likeness (QED) is 0.797. The lowest BCUT2D eigenvalue weighted by Crippen LogP contribution is -2.36. The summed E-state index contributed by atoms with van der Waals surface area (Å²) in [5.41, 5.74) is 2.96. The highest BCUT2D eigenvalue weighted by Gasteiger charge is 2.29. The highest BCUT2D eigenvalue weighted by atomic mass is 35.5. The van der Waals surface area contributed by atoms with Crippen molar-refractivity contribution >= 4 is 17.5 Å². The zero-order valence-corrected chi connectivity index (χ0v) is 16.8. The Morgan fingerprint density at radius 3 is 2.57 bits per heavy atom. The normalized spacial score (nSPS) is 19.0. The van der Waals surface area contributed by atoms with Gasteiger partial charge in [-0.3, -0.25) is 4.79 Å². The molecule has 2 aliphatic rings. The second-order valence-electron chi connectivity index (χ2n) is 7.61. The van der Waals surface area contributed by atoms with Crippen LogP contribution < -0.4 is 14.8 Å². The number of ether oxygens (including phenoxy) is 3. The average Bonchev–Trinajstić information content (AvgIpc) is 2.60. The van der Waals surface area contributed by atoms with E-state index in [0.717, 1.165) is 29.9 Å². The molecular weight excluding hydrogens is 378 g/mol. The van der Waals surface area contributed by atoms with Crippen LogP contribution >= 0.6 is 11.6 Å². The topological polar surface area (TPSA) is 56.8 Å². The number of fused-ring (bicyclic) bond motifs is 1. The van der Waals surface area contributed by atoms with Crippen molar-refractivity contribution in [2.45, 2.75) is 32.4 Å². The fourth-order valence-corrected chi connectivity index (χ4v) is 3.59. The smallest absolute Gasteiger partial charge is 0.225 e. The number of carbonyl (C=O) groups excluding carboxylic acids is 1. The van der Waals surface area contributed by atoms with Crippen LogP contribution in [0.25, 0.3) is 0 Å². The standard InChI is InChI=1S/C22H24ClNO4/c1-13(2)28-20-9-18-16(7-19(20)27-12-14-10-26-11-14)8-21(25)24-22(18)15-3-5-17(23)6-4-15/h3-7,9,13-14,22H,8,10-12H2,1-2H3,(H,24,25)/t22-/m0/s1. The third kappa shape index (κ3) is 4.10. The first-order valence-corrected chi connectivity index (χ1v) is 9.96. The molecule has 1 amide bonds. The second-order valence-corrected chi connectivity index (χ2v) is 8.04. The largest absolute Gasteiger partial charge is 0.489 e. The molecule has 0 saturated carbocycles. The maximum Gasteiger partial charge on any atom is 0.225 e. The van der Waals surface area contributed by atoms with Crippen LogP contribution in [0.5, 0.6) is 11.5 Å². The van der Waals surface area contributed by atoms with Crippen molar-refractivity contribution < 1.29 is 19.0 Å². The molecule has 0 aliphatic carbocycles. The van der Waals surface area contributed by atoms with Crippen LogP contribution in [-0.4, -0.2) is 31.8 Å². The summed E-state index contributed by atoms with van der Waals surface area (Å²) in [6.45, 7) is 6.02. The minimum atomic E-state index is -0.239. The van der Waals surface area contributed by atoms with Crippen molar-refractivity contribution in [1.82, 2.24) is 5.32 Å². The Kier molecular flexibility index (Phi) is 5.47. The molecule has 4 rings (SSSR count). The van der Waals surface area contributed by atoms with Gasteiger partial charge in [0, 0.05) is 10.9 Å². The van der Waals surface area contributed by atoms with E-state index in [1.165, 1.54) is 0 Å². The molecule has 0 bridgehead atoms. The first-order chi connectivity index (χ1) is 13.5. The Morgan fingerprint density at radius 1 is 1.18 bits per heavy atom. The molecule has 2 aromatic rings. The van der Waals surface area contributed by atoms with E-state index >= 15 is 0 Å². The molecule has 1 N–H and O–H groups in total. The minimum Gasteiger partial charge on any atom is -0.489 e. The molecule has 6 heteroatoms. The van der Waals surface area contributed by atoms with Crippen molar-refractivity contribution in [3.63, 3.8) is 0 Å². The molecule has 0 radical (unpaired) electrons. The van der Waals surface area contributed by atoms with Crippen molar-refractivity contribution in [1.29, 1.82) is 0 Å². The van der Waals surface area contributed by atoms with E-state index in [-0.39, 0.29) is 18.1 Å². The summed E-state index contributed by atoms with van der Waals surface area (Å²) in [5.74, 6) is 1.78. The maximum atomic E-state index is 12.3. The predicted octanol–water partition coefficient (Wildman–Crippen LogP) is 3.91. The van der Waals surface area contributed by atoms with Crippen molar-refractivity contribution in [2.24, 2.45) is 5.92 Å². The Balaban J connectivity index is 1.70. The van der Waals surface area contributed by atoms with Crippen molar-refractivity contribution in [3.8, 4) is 11.5 Å². The molecule has 2 aliphatic heterocycles. The number of nitrogens with one attached hydrogen (secondary N) is 1. The van der Waals surface area contributed by atoms with Crippen LogP contribution in [0.3, 0.4) is 0 Å². The average molecular weight is 402 g/mol. The summed E-state index contributed by atoms with van der Waals surface area (Å²) in [4.78, 5) is 12.3. The van der Waals surface area contributed by atoms with Gasteiger partial charge in [-0.25, -0.2) is 0 Å². The van der Waals surface area contributed by atoms with Crippen LogP contribution in [0, 0.1) is 5.92 Å². The van der Waals surface area contributed by atoms with Gasteiger partial charge in [0.05, 0.1) is 38.4 Å². The van der Waals surface area contributed by atoms with E-state index in [4.69, 9.17) is 25.8 Å². The monoisotopic (exact) mass is 401 g/mol. The number of amides is 1. The Morgan fingerprint density at radius 2 is 1.93 bits per heavy atom. The van der Waals surface area contributed by atoms with Crippen LogP contribution in [-0.2, 0) is 16.0 Å². The molecular formula is C22H24ClNO4. The summed E-state index contributed by atoms with van der Waals surface area (Å²) >= 11 is 6.03. The molecule has 1 atom stereocenters. The first kappa shape index (κ1) is 19.1. The number of hydrogen-bond donors (Lipinski definition) is 1. The molecule has 0 spiro atoms. The maximum absolute atomic E-state index is 12.3. The van der Waals surface area contributed by atoms with Gasteiger partial charge in [-0.2, -0.15) is 0 Å². The second kappa shape index (κ2) is 8.02. The molecule has 0 unspecified atom stereocenters. The zero-order chi connectivity index (χ0) is 19.7. The fourth-order valence-electron chi connectivity index (χ4n) is 3.47. The van der Waals surface area contributed by atoms with Gasteiger partial charge in [-0.05, 0) is 54.8 Å². The minimum absolute atomic E-state index is 0.0108. The summed E-state index contributed by atoms with van der Waals surface area (Å²) in [6, 6.07) is 11.3. The summed E-state index contributed by atoms with van der Waals surface area (Å²) in [6.07, 6.45) is 0.337. The highest BCUT2D eigenvalue weighted by molar-refractivity contribution is 6.30. The molecule has 2 aromatic carbocycles. The molecule has 28 heavy (non-hydrogen) atoms. The van der Waals surface area contributed by atoms with Gasteiger partial charge in [0.1, 0.15) is 0 Å². The van der Waals surface area contributed by atoms with Crippen molar-refractivity contribution in [3.05, 3.63) is 58.1 Å². The van der Waals surface area contributed by atoms with Gasteiger partial charge in [0.15, 0.2) is 11.5 Å². The van der Waals surface area contributed by atoms with E-state index in [2.05, 4.69) is 5.32 Å². The van der Waals surface area contributed by atoms with Gasteiger partial charge >= 0.3 is 0 Å². The van der Waals surface area contributed by atoms with Crippen LogP contribution in [0.2, 0.25) is 5.02 Å². The van der Waals surface area contributed by atoms with Gasteiger partial charge in [-0.15, -0.1) is 0 Å². The van der Waals surface area contributed by atoms with Crippen LogP contribution in [0.15, 0.2) is 36.4 Å². The Hall–Kier alpha value is -2.24. The highest BCUT2D eigenvalue weighted by Crippen LogP contribution is 2.39. The number of carbonyl (C=O) groups is 1. The third-order valence-electron chi connectivity index (χ3n) is 4.92. The Bertz CT molecular complexity index is 862. The van der Waals surface area contributed by atoms with E-state index < -0.39 is 0 Å². The molecule has 148 valence electrons. The van der Waals surface area contributed by atoms with Crippen LogP contribution in [0.4, 0.5) is 0 Å². The van der Waals surface area contributed by atoms with Crippen LogP contribution in [0.1, 0.15) is 36.6 Å². The predicted molar refractivity (Wildman–Crippen MR) is 107 cm³/mol. The molecule has 5 nitrogen and oxygen atoms in total. The summed E-state index contributed by atoms with van der Waals surface area (Å²) < 4.78 is 17.3. The molecule has 0 aromatic heterocycles. The van der Waals surface area contributed by atoms with Gasteiger partial charge in [-0.1, -0.05) is 23.7 Å². The first-order valence-electron chi connectivity index (χ1n) is 9.58. The number of hydrogen-bond acceptors (Lipinski definition) is 4. The Labute approximate surface area is 169 Å². The number of halogens is 1. The summed E-state index contributed by atoms with van der Waals surface area (Å²) in [7, 11) is 0. The molecule has 2 heterocycles. The number of benzene rings is 2. The van der Waals surface area contributed by atoms with Gasteiger partial charge in [0.25, 0.3) is 0 Å². The van der Waals surface area contributed by atoms with E-state index in [0.29, 0.717) is 35.5 Å². The van der Waals surface area contributed by atoms with E-state index in [1.807, 2.05) is 50.2 Å². The number of rotatable bonds is 6. The lowest BCUT2D eigenvalue weighted by atomic mass is 9.89. The lowest BCUT2D eigenvalue weighted by molar-refractivity contribution is -0.121. The van der Waals surface area contributed by atoms with E-state index in [9.17, 15) is 4.79 Å². The summed E-state index contributed by atoms with van der Waals surface area (Å²) in [5, 5.41) is 3.75. The zero-order valence-electron chi connectivity index (χ0n) is 16.0. The molecule has 1 saturated heterocycles. The lowest BCUT2D eigenvalue weighted by Gasteiger charge is -2.30. The van der Waals surface area contributed by atoms with Crippen molar-refractivity contribution in [2.75, 3.05) is 19.8 Å². The van der Waals surface area contributed by atoms with E-state index in [1.54, 1.807) is 0 Å². The van der Waals surface area contributed by atoms with Gasteiger partial charge in [0.2, 0.25) is 5.91 Å². The van der Waals surface area contributed by atoms with Gasteiger partial charge < -0.3 is 19.5 Å². The fraction of sp³-hybridized carbons (Fsp3) is 0.409.